The number of rotatable bonds is 4. The lowest BCUT2D eigenvalue weighted by Crippen LogP contribution is -2.14. The molecule has 0 spiro atoms. The first-order valence-corrected chi connectivity index (χ1v) is 6.70. The number of nitriles is 1. The number of carbonyl (C=O) groups is 1. The van der Waals surface area contributed by atoms with Crippen molar-refractivity contribution in [3.63, 3.8) is 0 Å². The first kappa shape index (κ1) is 15.7. The van der Waals surface area contributed by atoms with Gasteiger partial charge in [-0.05, 0) is 30.3 Å². The van der Waals surface area contributed by atoms with E-state index in [1.165, 1.54) is 26.4 Å². The maximum absolute atomic E-state index is 12.5. The molecule has 1 N–H and O–H groups in total. The van der Waals surface area contributed by atoms with Gasteiger partial charge in [0.15, 0.2) is 0 Å². The van der Waals surface area contributed by atoms with Crippen molar-refractivity contribution in [1.29, 1.82) is 5.26 Å². The van der Waals surface area contributed by atoms with Gasteiger partial charge in [-0.15, -0.1) is 0 Å². The summed E-state index contributed by atoms with van der Waals surface area (Å²) >= 11 is 5.95. The van der Waals surface area contributed by atoms with Gasteiger partial charge in [0.25, 0.3) is 5.91 Å². The molecule has 0 bridgehead atoms. The highest BCUT2D eigenvalue weighted by Gasteiger charge is 2.18. The van der Waals surface area contributed by atoms with Gasteiger partial charge in [0.1, 0.15) is 23.1 Å². The largest absolute Gasteiger partial charge is 0.496 e. The molecule has 0 atom stereocenters. The van der Waals surface area contributed by atoms with Crippen molar-refractivity contribution in [3.05, 3.63) is 52.5 Å². The Hall–Kier alpha value is -2.71. The molecular weight excluding hydrogens is 304 g/mol. The van der Waals surface area contributed by atoms with Crippen molar-refractivity contribution in [2.75, 3.05) is 19.5 Å². The lowest BCUT2D eigenvalue weighted by Gasteiger charge is -2.13. The van der Waals surface area contributed by atoms with Crippen LogP contribution < -0.4 is 14.8 Å². The Morgan fingerprint density at radius 3 is 2.32 bits per heavy atom. The van der Waals surface area contributed by atoms with E-state index in [4.69, 9.17) is 26.3 Å². The van der Waals surface area contributed by atoms with Crippen molar-refractivity contribution in [1.82, 2.24) is 0 Å². The Labute approximate surface area is 133 Å². The minimum absolute atomic E-state index is 0.271. The lowest BCUT2D eigenvalue weighted by molar-refractivity contribution is 0.102. The molecule has 2 aromatic rings. The first-order chi connectivity index (χ1) is 10.6. The molecule has 6 heteroatoms. The van der Waals surface area contributed by atoms with Crippen LogP contribution in [-0.4, -0.2) is 20.1 Å². The van der Waals surface area contributed by atoms with E-state index >= 15 is 0 Å². The molecule has 1 amide bonds. The van der Waals surface area contributed by atoms with Crippen LogP contribution in [0.1, 0.15) is 15.9 Å². The Morgan fingerprint density at radius 2 is 1.82 bits per heavy atom. The molecule has 0 radical (unpaired) electrons. The van der Waals surface area contributed by atoms with E-state index < -0.39 is 5.91 Å². The summed E-state index contributed by atoms with van der Waals surface area (Å²) < 4.78 is 10.4. The van der Waals surface area contributed by atoms with Crippen LogP contribution in [-0.2, 0) is 0 Å². The predicted molar refractivity (Wildman–Crippen MR) is 83.7 cm³/mol. The third-order valence-corrected chi connectivity index (χ3v) is 3.32. The van der Waals surface area contributed by atoms with Crippen LogP contribution >= 0.6 is 11.6 Å². The van der Waals surface area contributed by atoms with Crippen LogP contribution in [0.2, 0.25) is 5.02 Å². The van der Waals surface area contributed by atoms with Gasteiger partial charge in [0.2, 0.25) is 0 Å². The fraction of sp³-hybridized carbons (Fsp3) is 0.125. The number of amides is 1. The highest BCUT2D eigenvalue weighted by Crippen LogP contribution is 2.29. The van der Waals surface area contributed by atoms with Crippen LogP contribution in [0.25, 0.3) is 0 Å². The molecule has 0 aromatic heterocycles. The van der Waals surface area contributed by atoms with Gasteiger partial charge in [-0.25, -0.2) is 0 Å². The second-order valence-electron chi connectivity index (χ2n) is 4.30. The van der Waals surface area contributed by atoms with E-state index in [0.717, 1.165) is 0 Å². The van der Waals surface area contributed by atoms with E-state index in [2.05, 4.69) is 5.32 Å². The second-order valence-corrected chi connectivity index (χ2v) is 4.71. The number of halogens is 1. The fourth-order valence-electron chi connectivity index (χ4n) is 1.95. The van der Waals surface area contributed by atoms with Crippen molar-refractivity contribution in [3.8, 4) is 17.6 Å². The quantitative estimate of drug-likeness (QED) is 0.937. The van der Waals surface area contributed by atoms with Crippen molar-refractivity contribution in [2.24, 2.45) is 0 Å². The van der Waals surface area contributed by atoms with Crippen LogP contribution in [0.15, 0.2) is 36.4 Å². The smallest absolute Gasteiger partial charge is 0.263 e. The van der Waals surface area contributed by atoms with Crippen LogP contribution in [0, 0.1) is 11.3 Å². The van der Waals surface area contributed by atoms with Crippen molar-refractivity contribution >= 4 is 23.2 Å². The molecule has 22 heavy (non-hydrogen) atoms. The molecule has 0 aliphatic carbocycles. The van der Waals surface area contributed by atoms with E-state index in [-0.39, 0.29) is 10.6 Å². The van der Waals surface area contributed by atoms with Gasteiger partial charge in [-0.2, -0.15) is 5.26 Å². The summed E-state index contributed by atoms with van der Waals surface area (Å²) in [6.07, 6.45) is 0. The van der Waals surface area contributed by atoms with Crippen molar-refractivity contribution in [2.45, 2.75) is 0 Å². The number of nitrogens with one attached hydrogen (secondary N) is 1. The number of hydrogen-bond acceptors (Lipinski definition) is 4. The maximum atomic E-state index is 12.5. The number of methoxy groups -OCH3 is 2. The summed E-state index contributed by atoms with van der Waals surface area (Å²) in [6, 6.07) is 11.7. The summed E-state index contributed by atoms with van der Waals surface area (Å²) in [7, 11) is 2.95. The Morgan fingerprint density at radius 1 is 1.18 bits per heavy atom. The maximum Gasteiger partial charge on any atom is 0.263 e. The number of nitrogens with zero attached hydrogens (tertiary/aromatic N) is 1. The topological polar surface area (TPSA) is 71.3 Å². The van der Waals surface area contributed by atoms with E-state index in [1.54, 1.807) is 24.3 Å². The average Bonchev–Trinajstić information content (AvgIpc) is 2.54. The lowest BCUT2D eigenvalue weighted by atomic mass is 10.1. The fourth-order valence-corrected chi connectivity index (χ4v) is 2.17. The van der Waals surface area contributed by atoms with Gasteiger partial charge in [-0.1, -0.05) is 17.7 Å². The van der Waals surface area contributed by atoms with Crippen LogP contribution in [0.4, 0.5) is 5.69 Å². The molecule has 0 aliphatic rings. The second kappa shape index (κ2) is 6.83. The normalized spacial score (nSPS) is 9.73. The third-order valence-electron chi connectivity index (χ3n) is 3.00. The molecule has 0 saturated heterocycles. The Bertz CT molecular complexity index is 731. The molecule has 0 saturated carbocycles. The molecule has 2 rings (SSSR count). The number of benzene rings is 2. The first-order valence-electron chi connectivity index (χ1n) is 6.32. The van der Waals surface area contributed by atoms with E-state index in [9.17, 15) is 4.79 Å². The molecular formula is C16H13ClN2O3. The summed E-state index contributed by atoms with van der Waals surface area (Å²) in [5, 5.41) is 11.8. The van der Waals surface area contributed by atoms with Crippen LogP contribution in [0.3, 0.4) is 0 Å². The summed E-state index contributed by atoms with van der Waals surface area (Å²) in [4.78, 5) is 12.5. The van der Waals surface area contributed by atoms with E-state index in [1.807, 2.05) is 6.07 Å². The number of anilines is 1. The summed E-state index contributed by atoms with van der Waals surface area (Å²) in [6.45, 7) is 0. The Balaban J connectivity index is 2.34. The van der Waals surface area contributed by atoms with Crippen molar-refractivity contribution < 1.29 is 14.3 Å². The number of carbonyl (C=O) groups excluding carboxylic acids is 1. The third kappa shape index (κ3) is 3.13. The molecule has 2 aromatic carbocycles. The summed E-state index contributed by atoms with van der Waals surface area (Å²) in [5.41, 5.74) is 1.10. The molecule has 112 valence electrons. The zero-order chi connectivity index (χ0) is 16.1. The van der Waals surface area contributed by atoms with E-state index in [0.29, 0.717) is 22.7 Å². The molecule has 0 heterocycles. The standard InChI is InChI=1S/C16H13ClN2O3/c1-21-13-4-3-5-14(22-2)15(13)16(20)19-11-7-6-10(9-18)12(17)8-11/h3-8H,1-2H3,(H,19,20). The highest BCUT2D eigenvalue weighted by molar-refractivity contribution is 6.32. The minimum atomic E-state index is -0.393. The minimum Gasteiger partial charge on any atom is -0.496 e. The van der Waals surface area contributed by atoms with Crippen LogP contribution in [0.5, 0.6) is 11.5 Å². The highest BCUT2D eigenvalue weighted by atomic mass is 35.5. The molecule has 0 unspecified atom stereocenters. The van der Waals surface area contributed by atoms with Gasteiger partial charge in [-0.3, -0.25) is 4.79 Å². The Kier molecular flexibility index (Phi) is 4.87. The number of hydrogen-bond donors (Lipinski definition) is 1. The average molecular weight is 317 g/mol. The summed E-state index contributed by atoms with van der Waals surface area (Å²) in [5.74, 6) is 0.406. The monoisotopic (exact) mass is 316 g/mol. The van der Waals surface area contributed by atoms with Gasteiger partial charge >= 0.3 is 0 Å². The molecule has 0 aliphatic heterocycles. The van der Waals surface area contributed by atoms with Gasteiger partial charge < -0.3 is 14.8 Å². The van der Waals surface area contributed by atoms with Gasteiger partial charge in [0.05, 0.1) is 24.8 Å². The zero-order valence-corrected chi connectivity index (χ0v) is 12.8. The predicted octanol–water partition coefficient (Wildman–Crippen LogP) is 3.48. The van der Waals surface area contributed by atoms with Gasteiger partial charge in [0, 0.05) is 5.69 Å². The SMILES string of the molecule is COc1cccc(OC)c1C(=O)Nc1ccc(C#N)c(Cl)c1. The zero-order valence-electron chi connectivity index (χ0n) is 12.0. The molecule has 5 nitrogen and oxygen atoms in total. The number of ether oxygens (including phenoxy) is 2. The molecule has 0 fully saturated rings.